The van der Waals surface area contributed by atoms with E-state index >= 15 is 0 Å². The molecule has 18 heavy (non-hydrogen) atoms. The molecule has 0 atom stereocenters. The zero-order chi connectivity index (χ0) is 14.0. The molecule has 0 unspecified atom stereocenters. The van der Waals surface area contributed by atoms with Crippen LogP contribution in [0.3, 0.4) is 0 Å². The highest BCUT2D eigenvalue weighted by Gasteiger charge is 2.28. The predicted octanol–water partition coefficient (Wildman–Crippen LogP) is 3.34. The van der Waals surface area contributed by atoms with Gasteiger partial charge in [-0.05, 0) is 54.9 Å². The molecule has 0 heterocycles. The first kappa shape index (κ1) is 15.9. The molecule has 1 aromatic carbocycles. The van der Waals surface area contributed by atoms with E-state index in [1.165, 1.54) is 11.8 Å². The lowest BCUT2D eigenvalue weighted by Gasteiger charge is -2.18. The van der Waals surface area contributed by atoms with Gasteiger partial charge in [0.1, 0.15) is 0 Å². The van der Waals surface area contributed by atoms with E-state index in [9.17, 15) is 8.42 Å². The van der Waals surface area contributed by atoms with Crippen LogP contribution in [0, 0.1) is 0 Å². The highest BCUT2D eigenvalue weighted by Crippen LogP contribution is 2.30. The van der Waals surface area contributed by atoms with Gasteiger partial charge in [0.05, 0.1) is 10.5 Å². The quantitative estimate of drug-likeness (QED) is 0.667. The van der Waals surface area contributed by atoms with E-state index in [1.807, 2.05) is 18.2 Å². The molecule has 3 nitrogen and oxygen atoms in total. The molecular weight excluding hydrogens is 334 g/mol. The summed E-state index contributed by atoms with van der Waals surface area (Å²) in [6, 6.07) is 5.53. The van der Waals surface area contributed by atoms with Crippen LogP contribution in [0.15, 0.2) is 27.6 Å². The number of nitrogens with two attached hydrogens (primary N) is 1. The molecule has 0 bridgehead atoms. The molecule has 102 valence electrons. The van der Waals surface area contributed by atoms with Crippen LogP contribution in [0.2, 0.25) is 0 Å². The second-order valence-electron chi connectivity index (χ2n) is 4.97. The third-order valence-corrected chi connectivity index (χ3v) is 7.36. The SMILES string of the molecule is CC(C)(C)S(=O)(=O)CCSc1ccc(N)cc1Br. The van der Waals surface area contributed by atoms with Gasteiger partial charge >= 0.3 is 0 Å². The molecule has 0 aliphatic heterocycles. The first-order chi connectivity index (χ1) is 8.13. The minimum absolute atomic E-state index is 0.179. The molecule has 0 fully saturated rings. The van der Waals surface area contributed by atoms with Gasteiger partial charge in [-0.1, -0.05) is 0 Å². The van der Waals surface area contributed by atoms with Gasteiger partial charge in [-0.15, -0.1) is 11.8 Å². The third-order valence-electron chi connectivity index (χ3n) is 2.50. The van der Waals surface area contributed by atoms with Crippen molar-refractivity contribution < 1.29 is 8.42 Å². The van der Waals surface area contributed by atoms with Crippen LogP contribution in [-0.4, -0.2) is 24.7 Å². The van der Waals surface area contributed by atoms with Crippen LogP contribution in [0.25, 0.3) is 0 Å². The Morgan fingerprint density at radius 1 is 1.33 bits per heavy atom. The number of anilines is 1. The monoisotopic (exact) mass is 351 g/mol. The number of rotatable bonds is 4. The maximum absolute atomic E-state index is 11.9. The first-order valence-electron chi connectivity index (χ1n) is 5.53. The fourth-order valence-corrected chi connectivity index (χ4v) is 4.35. The average molecular weight is 352 g/mol. The maximum atomic E-state index is 11.9. The zero-order valence-corrected chi connectivity index (χ0v) is 14.0. The Labute approximate surface area is 122 Å². The molecule has 0 aliphatic rings. The number of hydrogen-bond acceptors (Lipinski definition) is 4. The molecule has 0 aliphatic carbocycles. The van der Waals surface area contributed by atoms with E-state index in [2.05, 4.69) is 15.9 Å². The van der Waals surface area contributed by atoms with E-state index in [-0.39, 0.29) is 5.75 Å². The number of sulfone groups is 1. The first-order valence-corrected chi connectivity index (χ1v) is 8.97. The van der Waals surface area contributed by atoms with Crippen LogP contribution < -0.4 is 5.73 Å². The summed E-state index contributed by atoms with van der Waals surface area (Å²) in [5.41, 5.74) is 6.34. The van der Waals surface area contributed by atoms with Gasteiger partial charge in [0.15, 0.2) is 9.84 Å². The fourth-order valence-electron chi connectivity index (χ4n) is 1.20. The van der Waals surface area contributed by atoms with Crippen LogP contribution >= 0.6 is 27.7 Å². The van der Waals surface area contributed by atoms with E-state index in [0.29, 0.717) is 11.4 Å². The van der Waals surface area contributed by atoms with Crippen molar-refractivity contribution in [1.82, 2.24) is 0 Å². The van der Waals surface area contributed by atoms with Crippen LogP contribution in [0.5, 0.6) is 0 Å². The molecule has 6 heteroatoms. The number of halogens is 1. The third kappa shape index (κ3) is 4.17. The second-order valence-corrected chi connectivity index (χ2v) is 9.82. The number of thioether (sulfide) groups is 1. The fraction of sp³-hybridized carbons (Fsp3) is 0.500. The van der Waals surface area contributed by atoms with Gasteiger partial charge < -0.3 is 5.73 Å². The highest BCUT2D eigenvalue weighted by molar-refractivity contribution is 9.10. The van der Waals surface area contributed by atoms with E-state index < -0.39 is 14.6 Å². The predicted molar refractivity (Wildman–Crippen MR) is 82.8 cm³/mol. The summed E-state index contributed by atoms with van der Waals surface area (Å²) >= 11 is 4.93. The summed E-state index contributed by atoms with van der Waals surface area (Å²) in [5, 5.41) is 0. The Morgan fingerprint density at radius 2 is 1.94 bits per heavy atom. The highest BCUT2D eigenvalue weighted by atomic mass is 79.9. The lowest BCUT2D eigenvalue weighted by atomic mass is 10.3. The van der Waals surface area contributed by atoms with Crippen molar-refractivity contribution in [3.8, 4) is 0 Å². The van der Waals surface area contributed by atoms with Crippen LogP contribution in [0.1, 0.15) is 20.8 Å². The largest absolute Gasteiger partial charge is 0.399 e. The molecule has 0 saturated carbocycles. The molecule has 1 aromatic rings. The number of benzene rings is 1. The standard InChI is InChI=1S/C12H18BrNO2S2/c1-12(2,3)18(15,16)7-6-17-11-5-4-9(14)8-10(11)13/h4-5,8H,6-7,14H2,1-3H3. The Bertz CT molecular complexity index is 521. The average Bonchev–Trinajstić information content (AvgIpc) is 2.19. The Hall–Kier alpha value is -0.200. The van der Waals surface area contributed by atoms with Crippen molar-refractivity contribution in [3.63, 3.8) is 0 Å². The molecule has 0 amide bonds. The number of nitrogen functional groups attached to an aromatic ring is 1. The molecule has 0 radical (unpaired) electrons. The second kappa shape index (κ2) is 5.84. The van der Waals surface area contributed by atoms with E-state index in [1.54, 1.807) is 20.8 Å². The molecule has 1 rings (SSSR count). The van der Waals surface area contributed by atoms with Crippen LogP contribution in [-0.2, 0) is 9.84 Å². The van der Waals surface area contributed by atoms with E-state index in [4.69, 9.17) is 5.73 Å². The topological polar surface area (TPSA) is 60.2 Å². The Balaban J connectivity index is 2.63. The lowest BCUT2D eigenvalue weighted by molar-refractivity contribution is 0.562. The molecule has 0 aromatic heterocycles. The molecule has 2 N–H and O–H groups in total. The van der Waals surface area contributed by atoms with Crippen molar-refractivity contribution in [2.24, 2.45) is 0 Å². The summed E-state index contributed by atoms with van der Waals surface area (Å²) in [5.74, 6) is 0.722. The van der Waals surface area contributed by atoms with Crippen molar-refractivity contribution in [2.75, 3.05) is 17.2 Å². The van der Waals surface area contributed by atoms with Gasteiger partial charge in [-0.3, -0.25) is 0 Å². The Kier molecular flexibility index (Phi) is 5.14. The minimum Gasteiger partial charge on any atom is -0.399 e. The molecular formula is C12H18BrNO2S2. The van der Waals surface area contributed by atoms with Gasteiger partial charge in [0.2, 0.25) is 0 Å². The van der Waals surface area contributed by atoms with Crippen molar-refractivity contribution >= 4 is 43.2 Å². The summed E-state index contributed by atoms with van der Waals surface area (Å²) in [4.78, 5) is 1.01. The van der Waals surface area contributed by atoms with Gasteiger partial charge in [0.25, 0.3) is 0 Å². The van der Waals surface area contributed by atoms with Crippen molar-refractivity contribution in [1.29, 1.82) is 0 Å². The molecule has 0 spiro atoms. The van der Waals surface area contributed by atoms with Crippen molar-refractivity contribution in [3.05, 3.63) is 22.7 Å². The summed E-state index contributed by atoms with van der Waals surface area (Å²) in [6.07, 6.45) is 0. The van der Waals surface area contributed by atoms with Gasteiger partial charge in [0, 0.05) is 20.8 Å². The van der Waals surface area contributed by atoms with Gasteiger partial charge in [-0.2, -0.15) is 0 Å². The zero-order valence-electron chi connectivity index (χ0n) is 10.7. The summed E-state index contributed by atoms with van der Waals surface area (Å²) in [6.45, 7) is 5.18. The normalized spacial score (nSPS) is 12.7. The maximum Gasteiger partial charge on any atom is 0.156 e. The van der Waals surface area contributed by atoms with Crippen LogP contribution in [0.4, 0.5) is 5.69 Å². The van der Waals surface area contributed by atoms with E-state index in [0.717, 1.165) is 9.37 Å². The Morgan fingerprint density at radius 3 is 2.44 bits per heavy atom. The lowest BCUT2D eigenvalue weighted by Crippen LogP contribution is -2.31. The summed E-state index contributed by atoms with van der Waals surface area (Å²) in [7, 11) is -3.05. The summed E-state index contributed by atoms with van der Waals surface area (Å²) < 4.78 is 24.1. The minimum atomic E-state index is -3.05. The number of hydrogen-bond donors (Lipinski definition) is 1. The van der Waals surface area contributed by atoms with Crippen molar-refractivity contribution in [2.45, 2.75) is 30.4 Å². The molecule has 0 saturated heterocycles. The van der Waals surface area contributed by atoms with Gasteiger partial charge in [-0.25, -0.2) is 8.42 Å². The smallest absolute Gasteiger partial charge is 0.156 e.